The van der Waals surface area contributed by atoms with Crippen LogP contribution in [0.2, 0.25) is 0 Å². The summed E-state index contributed by atoms with van der Waals surface area (Å²) in [7, 11) is -3.74. The second-order valence-corrected chi connectivity index (χ2v) is 7.57. The van der Waals surface area contributed by atoms with Crippen molar-refractivity contribution < 1.29 is 18.1 Å². The highest BCUT2D eigenvalue weighted by Crippen LogP contribution is 2.37. The monoisotopic (exact) mass is 335 g/mol. The highest BCUT2D eigenvalue weighted by molar-refractivity contribution is 7.91. The number of thiophene rings is 1. The molecule has 0 unspecified atom stereocenters. The van der Waals surface area contributed by atoms with Crippen LogP contribution in [0.5, 0.6) is 0 Å². The van der Waals surface area contributed by atoms with Crippen molar-refractivity contribution in [3.8, 4) is 0 Å². The Labute approximate surface area is 126 Å². The fourth-order valence-electron chi connectivity index (χ4n) is 2.01. The van der Waals surface area contributed by atoms with Crippen LogP contribution in [-0.4, -0.2) is 39.1 Å². The van der Waals surface area contributed by atoms with Gasteiger partial charge in [-0.05, 0) is 19.8 Å². The van der Waals surface area contributed by atoms with Crippen LogP contribution in [0.3, 0.4) is 0 Å². The van der Waals surface area contributed by atoms with Gasteiger partial charge < -0.3 is 10.1 Å². The molecule has 1 saturated heterocycles. The van der Waals surface area contributed by atoms with Crippen LogP contribution in [0.25, 0.3) is 0 Å². The zero-order valence-corrected chi connectivity index (χ0v) is 13.1. The Morgan fingerprint density at radius 2 is 2.14 bits per heavy atom. The summed E-state index contributed by atoms with van der Waals surface area (Å²) >= 11 is 0.873. The maximum absolute atomic E-state index is 12.3. The van der Waals surface area contributed by atoms with Crippen LogP contribution < -0.4 is 10.0 Å². The molecular formula is C11H17N3O5S2. The van der Waals surface area contributed by atoms with Crippen molar-refractivity contribution >= 4 is 32.0 Å². The van der Waals surface area contributed by atoms with Gasteiger partial charge in [0.05, 0.1) is 4.92 Å². The number of hydrogen-bond acceptors (Lipinski definition) is 7. The molecule has 1 aromatic rings. The molecule has 0 amide bonds. The molecule has 8 nitrogen and oxygen atoms in total. The Hall–Kier alpha value is -1.23. The summed E-state index contributed by atoms with van der Waals surface area (Å²) in [5.41, 5.74) is -0.214. The largest absolute Gasteiger partial charge is 0.381 e. The lowest BCUT2D eigenvalue weighted by Crippen LogP contribution is -2.38. The van der Waals surface area contributed by atoms with Gasteiger partial charge in [-0.2, -0.15) is 0 Å². The van der Waals surface area contributed by atoms with Crippen molar-refractivity contribution in [1.29, 1.82) is 0 Å². The fourth-order valence-corrected chi connectivity index (χ4v) is 4.72. The Morgan fingerprint density at radius 3 is 2.71 bits per heavy atom. The lowest BCUT2D eigenvalue weighted by Gasteiger charge is -2.22. The van der Waals surface area contributed by atoms with Crippen LogP contribution >= 0.6 is 11.3 Å². The van der Waals surface area contributed by atoms with Gasteiger partial charge in [0.2, 0.25) is 0 Å². The van der Waals surface area contributed by atoms with Gasteiger partial charge >= 0.3 is 5.69 Å². The van der Waals surface area contributed by atoms with Crippen LogP contribution in [-0.2, 0) is 14.8 Å². The molecule has 1 aliphatic rings. The molecule has 0 aliphatic carbocycles. The molecule has 21 heavy (non-hydrogen) atoms. The van der Waals surface area contributed by atoms with Crippen molar-refractivity contribution in [3.05, 3.63) is 16.2 Å². The van der Waals surface area contributed by atoms with Gasteiger partial charge in [0.15, 0.2) is 5.00 Å². The molecule has 0 atom stereocenters. The maximum Gasteiger partial charge on any atom is 0.304 e. The van der Waals surface area contributed by atoms with Gasteiger partial charge in [-0.25, -0.2) is 13.1 Å². The van der Waals surface area contributed by atoms with Crippen molar-refractivity contribution in [3.63, 3.8) is 0 Å². The molecule has 10 heteroatoms. The van der Waals surface area contributed by atoms with E-state index < -0.39 is 14.9 Å². The zero-order valence-electron chi connectivity index (χ0n) is 11.5. The van der Waals surface area contributed by atoms with E-state index in [1.165, 1.54) is 0 Å². The van der Waals surface area contributed by atoms with Gasteiger partial charge in [0, 0.05) is 31.9 Å². The average Bonchev–Trinajstić information content (AvgIpc) is 2.85. The summed E-state index contributed by atoms with van der Waals surface area (Å²) in [5.74, 6) is 0. The third kappa shape index (κ3) is 3.90. The molecular weight excluding hydrogens is 318 g/mol. The summed E-state index contributed by atoms with van der Waals surface area (Å²) < 4.78 is 32.3. The molecule has 0 aromatic carbocycles. The summed E-state index contributed by atoms with van der Waals surface area (Å²) in [4.78, 5) is 10.4. The first-order chi connectivity index (χ1) is 9.94. The predicted octanol–water partition coefficient (Wildman–Crippen LogP) is 1.55. The number of nitrogens with zero attached hydrogens (tertiary/aromatic N) is 1. The van der Waals surface area contributed by atoms with Crippen molar-refractivity contribution in [2.24, 2.45) is 0 Å². The van der Waals surface area contributed by atoms with Crippen molar-refractivity contribution in [2.75, 3.05) is 25.1 Å². The summed E-state index contributed by atoms with van der Waals surface area (Å²) in [5, 5.41) is 14.0. The number of rotatable bonds is 6. The summed E-state index contributed by atoms with van der Waals surface area (Å²) in [6.45, 7) is 3.30. The molecule has 0 spiro atoms. The molecule has 118 valence electrons. The first kappa shape index (κ1) is 16.1. The predicted molar refractivity (Wildman–Crippen MR) is 79.3 cm³/mol. The van der Waals surface area contributed by atoms with E-state index in [-0.39, 0.29) is 20.9 Å². The Balaban J connectivity index is 2.22. The summed E-state index contributed by atoms with van der Waals surface area (Å²) in [6, 6.07) is 0.914. The standard InChI is InChI=1S/C11H17N3O5S2/c1-2-12-11-9(14(15)16)7-10(20-11)21(17,18)13-8-3-5-19-6-4-8/h7-8,12-13H,2-6H2,1H3. The van der Waals surface area contributed by atoms with E-state index in [0.29, 0.717) is 32.6 Å². The fraction of sp³-hybridized carbons (Fsp3) is 0.636. The first-order valence-corrected chi connectivity index (χ1v) is 8.86. The maximum atomic E-state index is 12.3. The lowest BCUT2D eigenvalue weighted by atomic mass is 10.1. The van der Waals surface area contributed by atoms with Gasteiger partial charge in [-0.3, -0.25) is 10.1 Å². The lowest BCUT2D eigenvalue weighted by molar-refractivity contribution is -0.383. The number of anilines is 1. The molecule has 1 aromatic heterocycles. The molecule has 0 radical (unpaired) electrons. The highest BCUT2D eigenvalue weighted by atomic mass is 32.2. The third-order valence-corrected chi connectivity index (χ3v) is 6.11. The Morgan fingerprint density at radius 1 is 1.48 bits per heavy atom. The normalized spacial score (nSPS) is 16.8. The molecule has 2 N–H and O–H groups in total. The van der Waals surface area contributed by atoms with Gasteiger partial charge in [0.25, 0.3) is 10.0 Å². The topological polar surface area (TPSA) is 111 Å². The molecule has 2 heterocycles. The van der Waals surface area contributed by atoms with Crippen molar-refractivity contribution in [2.45, 2.75) is 30.0 Å². The van der Waals surface area contributed by atoms with Gasteiger partial charge in [-0.1, -0.05) is 11.3 Å². The van der Waals surface area contributed by atoms with E-state index in [2.05, 4.69) is 10.0 Å². The van der Waals surface area contributed by atoms with Crippen LogP contribution in [0.4, 0.5) is 10.7 Å². The van der Waals surface area contributed by atoms with Crippen LogP contribution in [0.1, 0.15) is 19.8 Å². The number of nitrogens with one attached hydrogen (secondary N) is 2. The third-order valence-electron chi connectivity index (χ3n) is 3.03. The first-order valence-electron chi connectivity index (χ1n) is 6.56. The molecule has 1 fully saturated rings. The van der Waals surface area contributed by atoms with Crippen molar-refractivity contribution in [1.82, 2.24) is 4.72 Å². The minimum Gasteiger partial charge on any atom is -0.381 e. The second kappa shape index (κ2) is 6.69. The smallest absolute Gasteiger partial charge is 0.304 e. The van der Waals surface area contributed by atoms with Gasteiger partial charge in [0.1, 0.15) is 4.21 Å². The number of ether oxygens (including phenoxy) is 1. The Bertz CT molecular complexity index is 607. The minimum atomic E-state index is -3.74. The molecule has 2 rings (SSSR count). The quantitative estimate of drug-likeness (QED) is 0.603. The molecule has 1 aliphatic heterocycles. The Kier molecular flexibility index (Phi) is 5.14. The number of nitro groups is 1. The highest BCUT2D eigenvalue weighted by Gasteiger charge is 2.28. The average molecular weight is 335 g/mol. The van der Waals surface area contributed by atoms with Gasteiger partial charge in [-0.15, -0.1) is 0 Å². The second-order valence-electron chi connectivity index (χ2n) is 4.58. The van der Waals surface area contributed by atoms with E-state index in [4.69, 9.17) is 4.74 Å². The van der Waals surface area contributed by atoms with E-state index in [1.807, 2.05) is 0 Å². The van der Waals surface area contributed by atoms with Crippen LogP contribution in [0, 0.1) is 10.1 Å². The van der Waals surface area contributed by atoms with Crippen LogP contribution in [0.15, 0.2) is 10.3 Å². The number of hydrogen-bond donors (Lipinski definition) is 2. The zero-order chi connectivity index (χ0) is 15.5. The summed E-state index contributed by atoms with van der Waals surface area (Å²) in [6.07, 6.45) is 1.21. The van der Waals surface area contributed by atoms with E-state index >= 15 is 0 Å². The van der Waals surface area contributed by atoms with E-state index in [1.54, 1.807) is 6.92 Å². The van der Waals surface area contributed by atoms with E-state index in [9.17, 15) is 18.5 Å². The molecule has 0 saturated carbocycles. The minimum absolute atomic E-state index is 0.0448. The van der Waals surface area contributed by atoms with E-state index in [0.717, 1.165) is 17.4 Å². The SMILES string of the molecule is CCNc1sc(S(=O)(=O)NC2CCOCC2)cc1[N+](=O)[O-]. The molecule has 0 bridgehead atoms. The number of sulfonamides is 1.